The first-order valence-corrected chi connectivity index (χ1v) is 3.33. The molecule has 4 N–H and O–H groups in total. The van der Waals surface area contributed by atoms with Gasteiger partial charge in [0.25, 0.3) is 5.91 Å². The fourth-order valence-corrected chi connectivity index (χ4v) is 1.23. The largest absolute Gasteiger partial charge is 0.395 e. The van der Waals surface area contributed by atoms with Crippen LogP contribution in [0.1, 0.15) is 9.67 Å². The molecule has 5 heteroatoms. The van der Waals surface area contributed by atoms with Crippen molar-refractivity contribution in [1.82, 2.24) is 0 Å². The van der Waals surface area contributed by atoms with Crippen LogP contribution in [0, 0.1) is 5.82 Å². The first kappa shape index (κ1) is 7.01. The number of nitrogen functional groups attached to an aromatic ring is 1. The minimum absolute atomic E-state index is 0.0810. The molecule has 0 radical (unpaired) electrons. The van der Waals surface area contributed by atoms with E-state index >= 15 is 0 Å². The Morgan fingerprint density at radius 2 is 2.30 bits per heavy atom. The van der Waals surface area contributed by atoms with Crippen molar-refractivity contribution in [3.8, 4) is 0 Å². The average Bonchev–Trinajstić information content (AvgIpc) is 2.14. The molecule has 10 heavy (non-hydrogen) atoms. The Kier molecular flexibility index (Phi) is 1.58. The Labute approximate surface area is 60.4 Å². The molecule has 3 nitrogen and oxygen atoms in total. The second-order valence-electron chi connectivity index (χ2n) is 1.69. The van der Waals surface area contributed by atoms with E-state index in [1.807, 2.05) is 0 Å². The highest BCUT2D eigenvalue weighted by Gasteiger charge is 2.11. The first-order chi connectivity index (χ1) is 4.63. The summed E-state index contributed by atoms with van der Waals surface area (Å²) in [5.74, 6) is -1.27. The number of amides is 1. The van der Waals surface area contributed by atoms with Gasteiger partial charge in [0.1, 0.15) is 4.88 Å². The van der Waals surface area contributed by atoms with E-state index in [0.717, 1.165) is 16.7 Å². The molecular weight excluding hydrogens is 155 g/mol. The molecule has 1 aromatic heterocycles. The van der Waals surface area contributed by atoms with Gasteiger partial charge in [0, 0.05) is 5.38 Å². The molecule has 0 aliphatic carbocycles. The lowest BCUT2D eigenvalue weighted by Gasteiger charge is -1.89. The number of hydrogen-bond donors (Lipinski definition) is 2. The zero-order chi connectivity index (χ0) is 7.72. The minimum Gasteiger partial charge on any atom is -0.395 e. The molecule has 0 spiro atoms. The zero-order valence-electron chi connectivity index (χ0n) is 4.93. The van der Waals surface area contributed by atoms with Crippen LogP contribution in [0.5, 0.6) is 0 Å². The average molecular weight is 160 g/mol. The van der Waals surface area contributed by atoms with Gasteiger partial charge in [-0.25, -0.2) is 4.39 Å². The fraction of sp³-hybridized carbons (Fsp3) is 0. The van der Waals surface area contributed by atoms with Gasteiger partial charge in [-0.15, -0.1) is 11.3 Å². The Morgan fingerprint density at radius 1 is 1.70 bits per heavy atom. The molecule has 0 fully saturated rings. The molecule has 0 bridgehead atoms. The van der Waals surface area contributed by atoms with Gasteiger partial charge in [-0.3, -0.25) is 4.79 Å². The molecule has 1 rings (SSSR count). The van der Waals surface area contributed by atoms with Crippen molar-refractivity contribution in [2.45, 2.75) is 0 Å². The zero-order valence-corrected chi connectivity index (χ0v) is 5.74. The lowest BCUT2D eigenvalue weighted by atomic mass is 10.4. The van der Waals surface area contributed by atoms with E-state index in [1.165, 1.54) is 0 Å². The number of primary amides is 1. The lowest BCUT2D eigenvalue weighted by molar-refractivity contribution is 0.100. The summed E-state index contributed by atoms with van der Waals surface area (Å²) in [6, 6.07) is 0. The lowest BCUT2D eigenvalue weighted by Crippen LogP contribution is -2.11. The van der Waals surface area contributed by atoms with E-state index in [1.54, 1.807) is 0 Å². The highest BCUT2D eigenvalue weighted by atomic mass is 32.1. The molecule has 0 unspecified atom stereocenters. The summed E-state index contributed by atoms with van der Waals surface area (Å²) in [6.07, 6.45) is 0. The molecule has 0 aromatic carbocycles. The van der Waals surface area contributed by atoms with Crippen molar-refractivity contribution < 1.29 is 9.18 Å². The summed E-state index contributed by atoms with van der Waals surface area (Å²) in [6.45, 7) is 0. The van der Waals surface area contributed by atoms with Crippen LogP contribution in [0.2, 0.25) is 0 Å². The Bertz CT molecular complexity index is 271. The van der Waals surface area contributed by atoms with Crippen molar-refractivity contribution >= 4 is 22.9 Å². The van der Waals surface area contributed by atoms with E-state index in [0.29, 0.717) is 0 Å². The Balaban J connectivity index is 3.17. The van der Waals surface area contributed by atoms with Crippen molar-refractivity contribution in [1.29, 1.82) is 0 Å². The number of halogens is 1. The summed E-state index contributed by atoms with van der Waals surface area (Å²) >= 11 is 0.910. The van der Waals surface area contributed by atoms with Gasteiger partial charge in [0.15, 0.2) is 5.82 Å². The summed E-state index contributed by atoms with van der Waals surface area (Å²) in [5.41, 5.74) is 9.84. The van der Waals surface area contributed by atoms with E-state index in [-0.39, 0.29) is 10.6 Å². The predicted octanol–water partition coefficient (Wildman–Crippen LogP) is 0.568. The third kappa shape index (κ3) is 0.950. The molecule has 0 saturated heterocycles. The minimum atomic E-state index is -0.689. The molecule has 0 aliphatic rings. The number of nitrogens with two attached hydrogens (primary N) is 2. The summed E-state index contributed by atoms with van der Waals surface area (Å²) in [4.78, 5) is 10.5. The number of carbonyl (C=O) groups excluding carboxylic acids is 1. The van der Waals surface area contributed by atoms with E-state index in [2.05, 4.69) is 0 Å². The normalized spacial score (nSPS) is 9.70. The van der Waals surface area contributed by atoms with E-state index in [4.69, 9.17) is 11.5 Å². The summed E-state index contributed by atoms with van der Waals surface area (Å²) in [7, 11) is 0. The van der Waals surface area contributed by atoms with Crippen LogP contribution in [0.4, 0.5) is 10.1 Å². The summed E-state index contributed by atoms with van der Waals surface area (Å²) < 4.78 is 12.4. The second kappa shape index (κ2) is 2.26. The van der Waals surface area contributed by atoms with Crippen LogP contribution in [0.3, 0.4) is 0 Å². The first-order valence-electron chi connectivity index (χ1n) is 2.45. The maximum Gasteiger partial charge on any atom is 0.261 e. The molecule has 54 valence electrons. The van der Waals surface area contributed by atoms with Crippen LogP contribution in [-0.2, 0) is 0 Å². The predicted molar refractivity (Wildman–Crippen MR) is 37.2 cm³/mol. The van der Waals surface area contributed by atoms with Crippen LogP contribution >= 0.6 is 11.3 Å². The molecular formula is C5H5FN2OS. The van der Waals surface area contributed by atoms with Gasteiger partial charge in [-0.05, 0) is 0 Å². The third-order valence-corrected chi connectivity index (χ3v) is 1.99. The standard InChI is InChI=1S/C5H5FN2OS/c6-2-1-10-4(3(2)7)5(8)9/h1H,7H2,(H2,8,9). The van der Waals surface area contributed by atoms with Gasteiger partial charge in [0.2, 0.25) is 0 Å². The molecule has 0 aliphatic heterocycles. The highest BCUT2D eigenvalue weighted by Crippen LogP contribution is 2.22. The maximum atomic E-state index is 12.4. The maximum absolute atomic E-state index is 12.4. The number of hydrogen-bond acceptors (Lipinski definition) is 3. The second-order valence-corrected chi connectivity index (χ2v) is 2.57. The topological polar surface area (TPSA) is 69.1 Å². The quantitative estimate of drug-likeness (QED) is 0.630. The molecule has 1 heterocycles. The van der Waals surface area contributed by atoms with Crippen molar-refractivity contribution in [2.24, 2.45) is 5.73 Å². The molecule has 0 saturated carbocycles. The smallest absolute Gasteiger partial charge is 0.261 e. The van der Waals surface area contributed by atoms with Crippen molar-refractivity contribution in [2.75, 3.05) is 5.73 Å². The highest BCUT2D eigenvalue weighted by molar-refractivity contribution is 7.12. The number of rotatable bonds is 1. The van der Waals surface area contributed by atoms with Gasteiger partial charge < -0.3 is 11.5 Å². The van der Waals surface area contributed by atoms with Gasteiger partial charge in [0.05, 0.1) is 5.69 Å². The van der Waals surface area contributed by atoms with Gasteiger partial charge in [-0.2, -0.15) is 0 Å². The van der Waals surface area contributed by atoms with E-state index in [9.17, 15) is 9.18 Å². The Morgan fingerprint density at radius 3 is 2.50 bits per heavy atom. The SMILES string of the molecule is NC(=O)c1scc(F)c1N. The van der Waals surface area contributed by atoms with Crippen LogP contribution < -0.4 is 11.5 Å². The number of carbonyl (C=O) groups is 1. The van der Waals surface area contributed by atoms with Crippen LogP contribution in [-0.4, -0.2) is 5.91 Å². The van der Waals surface area contributed by atoms with Gasteiger partial charge in [-0.1, -0.05) is 0 Å². The molecule has 0 atom stereocenters. The number of anilines is 1. The van der Waals surface area contributed by atoms with Crippen LogP contribution in [0.15, 0.2) is 5.38 Å². The molecule has 1 aromatic rings. The Hall–Kier alpha value is -1.10. The van der Waals surface area contributed by atoms with Crippen molar-refractivity contribution in [3.63, 3.8) is 0 Å². The van der Waals surface area contributed by atoms with Crippen LogP contribution in [0.25, 0.3) is 0 Å². The monoisotopic (exact) mass is 160 g/mol. The third-order valence-electron chi connectivity index (χ3n) is 1.01. The fourth-order valence-electron chi connectivity index (χ4n) is 0.537. The van der Waals surface area contributed by atoms with E-state index < -0.39 is 11.7 Å². The molecule has 1 amide bonds. The van der Waals surface area contributed by atoms with Crippen molar-refractivity contribution in [3.05, 3.63) is 16.1 Å². The van der Waals surface area contributed by atoms with Gasteiger partial charge >= 0.3 is 0 Å². The number of thiophene rings is 1. The summed E-state index contributed by atoms with van der Waals surface area (Å²) in [5, 5.41) is 1.15.